The van der Waals surface area contributed by atoms with Gasteiger partial charge in [0.2, 0.25) is 0 Å². The van der Waals surface area contributed by atoms with Gasteiger partial charge in [0.1, 0.15) is 0 Å². The monoisotopic (exact) mass is 272 g/mol. The van der Waals surface area contributed by atoms with Crippen LogP contribution in [0.5, 0.6) is 0 Å². The predicted molar refractivity (Wildman–Crippen MR) is 85.0 cm³/mol. The second-order valence-corrected chi connectivity index (χ2v) is 4.96. The summed E-state index contributed by atoms with van der Waals surface area (Å²) in [6, 6.07) is 8.74. The molecular formula is C17H24N2O. The maximum absolute atomic E-state index is 5.05. The van der Waals surface area contributed by atoms with Crippen LogP contribution in [0.25, 0.3) is 10.9 Å². The molecule has 0 aliphatic carbocycles. The van der Waals surface area contributed by atoms with Crippen molar-refractivity contribution in [3.8, 4) is 0 Å². The van der Waals surface area contributed by atoms with Gasteiger partial charge in [0.05, 0.1) is 6.61 Å². The van der Waals surface area contributed by atoms with Crippen LogP contribution < -0.4 is 5.32 Å². The van der Waals surface area contributed by atoms with Crippen LogP contribution in [0.2, 0.25) is 0 Å². The van der Waals surface area contributed by atoms with Gasteiger partial charge in [-0.25, -0.2) is 0 Å². The van der Waals surface area contributed by atoms with E-state index in [1.165, 1.54) is 16.5 Å². The fourth-order valence-corrected chi connectivity index (χ4v) is 2.44. The van der Waals surface area contributed by atoms with Crippen molar-refractivity contribution in [1.29, 1.82) is 0 Å². The second-order valence-electron chi connectivity index (χ2n) is 4.96. The normalized spacial score (nSPS) is 11.1. The zero-order valence-electron chi connectivity index (χ0n) is 12.3. The molecule has 2 aromatic rings. The maximum Gasteiger partial charge on any atom is 0.0587 e. The molecule has 2 rings (SSSR count). The lowest BCUT2D eigenvalue weighted by molar-refractivity contribution is 0.199. The smallest absolute Gasteiger partial charge is 0.0587 e. The van der Waals surface area contributed by atoms with E-state index in [1.807, 2.05) is 6.08 Å². The predicted octanol–water partition coefficient (Wildman–Crippen LogP) is 3.34. The number of hydrogen-bond donors (Lipinski definition) is 1. The lowest BCUT2D eigenvalue weighted by Crippen LogP contribution is -2.18. The van der Waals surface area contributed by atoms with E-state index >= 15 is 0 Å². The molecule has 108 valence electrons. The average molecular weight is 272 g/mol. The molecule has 3 nitrogen and oxygen atoms in total. The van der Waals surface area contributed by atoms with Crippen molar-refractivity contribution in [2.75, 3.05) is 20.3 Å². The highest BCUT2D eigenvalue weighted by Crippen LogP contribution is 2.20. The Labute approximate surface area is 121 Å². The minimum Gasteiger partial charge on any atom is -0.383 e. The summed E-state index contributed by atoms with van der Waals surface area (Å²) in [7, 11) is 1.73. The van der Waals surface area contributed by atoms with Gasteiger partial charge in [0.25, 0.3) is 0 Å². The molecule has 0 bridgehead atoms. The molecule has 0 amide bonds. The van der Waals surface area contributed by atoms with E-state index in [0.717, 1.165) is 39.1 Å². The van der Waals surface area contributed by atoms with Gasteiger partial charge in [-0.2, -0.15) is 0 Å². The van der Waals surface area contributed by atoms with E-state index in [2.05, 4.69) is 46.9 Å². The third kappa shape index (κ3) is 3.71. The van der Waals surface area contributed by atoms with Gasteiger partial charge in [-0.1, -0.05) is 18.2 Å². The second kappa shape index (κ2) is 7.88. The summed E-state index contributed by atoms with van der Waals surface area (Å²) in [6.45, 7) is 7.35. The molecule has 1 heterocycles. The number of nitrogens with one attached hydrogen (secondary N) is 1. The number of nitrogens with zero attached hydrogens (tertiary/aromatic N) is 1. The summed E-state index contributed by atoms with van der Waals surface area (Å²) >= 11 is 0. The number of rotatable bonds is 9. The lowest BCUT2D eigenvalue weighted by Gasteiger charge is -2.08. The molecule has 1 N–H and O–H groups in total. The lowest BCUT2D eigenvalue weighted by atomic mass is 10.1. The van der Waals surface area contributed by atoms with E-state index in [4.69, 9.17) is 4.74 Å². The van der Waals surface area contributed by atoms with Crippen LogP contribution in [0, 0.1) is 0 Å². The number of allylic oxidation sites excluding steroid dienone is 1. The van der Waals surface area contributed by atoms with Crippen molar-refractivity contribution < 1.29 is 4.74 Å². The summed E-state index contributed by atoms with van der Waals surface area (Å²) in [6.07, 6.45) is 6.38. The van der Waals surface area contributed by atoms with Crippen LogP contribution in [-0.2, 0) is 17.8 Å². The number of methoxy groups -OCH3 is 1. The van der Waals surface area contributed by atoms with Crippen molar-refractivity contribution in [3.63, 3.8) is 0 Å². The molecule has 0 aliphatic rings. The summed E-state index contributed by atoms with van der Waals surface area (Å²) in [5, 5.41) is 4.75. The number of ether oxygens (including phenoxy) is 1. The average Bonchev–Trinajstić information content (AvgIpc) is 2.88. The quantitative estimate of drug-likeness (QED) is 0.559. The topological polar surface area (TPSA) is 26.2 Å². The maximum atomic E-state index is 5.05. The van der Waals surface area contributed by atoms with Crippen LogP contribution in [-0.4, -0.2) is 24.8 Å². The fourth-order valence-electron chi connectivity index (χ4n) is 2.44. The molecule has 0 atom stereocenters. The first-order valence-corrected chi connectivity index (χ1v) is 7.24. The molecule has 1 aromatic heterocycles. The Hall–Kier alpha value is -1.58. The highest BCUT2D eigenvalue weighted by atomic mass is 16.5. The van der Waals surface area contributed by atoms with Gasteiger partial charge in [-0.15, -0.1) is 6.58 Å². The fraction of sp³-hybridized carbons (Fsp3) is 0.412. The molecule has 3 heteroatoms. The van der Waals surface area contributed by atoms with E-state index in [1.54, 1.807) is 7.11 Å². The zero-order chi connectivity index (χ0) is 14.2. The zero-order valence-corrected chi connectivity index (χ0v) is 12.3. The van der Waals surface area contributed by atoms with Crippen molar-refractivity contribution in [1.82, 2.24) is 9.88 Å². The van der Waals surface area contributed by atoms with Gasteiger partial charge in [0.15, 0.2) is 0 Å². The number of benzene rings is 1. The number of hydrogen-bond acceptors (Lipinski definition) is 2. The van der Waals surface area contributed by atoms with Crippen LogP contribution in [0.1, 0.15) is 18.4 Å². The first-order chi connectivity index (χ1) is 9.86. The standard InChI is InChI=1S/C17H24N2O/c1-3-4-5-11-19-12-9-16-15(7-6-8-17(16)19)14-18-10-13-20-2/h3,6-9,12,18H,1,4-5,10-11,13-14H2,2H3. The number of aromatic nitrogens is 1. The summed E-state index contributed by atoms with van der Waals surface area (Å²) in [5.74, 6) is 0. The van der Waals surface area contributed by atoms with Gasteiger partial charge in [-0.05, 0) is 30.5 Å². The molecule has 20 heavy (non-hydrogen) atoms. The van der Waals surface area contributed by atoms with Gasteiger partial charge in [0, 0.05) is 43.8 Å². The highest BCUT2D eigenvalue weighted by Gasteiger charge is 2.04. The van der Waals surface area contributed by atoms with Crippen molar-refractivity contribution in [3.05, 3.63) is 48.7 Å². The van der Waals surface area contributed by atoms with E-state index < -0.39 is 0 Å². The largest absolute Gasteiger partial charge is 0.383 e. The SMILES string of the molecule is C=CCCCn1ccc2c(CNCCOC)cccc21. The Bertz CT molecular complexity index is 545. The molecular weight excluding hydrogens is 248 g/mol. The Morgan fingerprint density at radius 3 is 3.05 bits per heavy atom. The van der Waals surface area contributed by atoms with Crippen LogP contribution in [0.3, 0.4) is 0 Å². The minimum atomic E-state index is 0.749. The Balaban J connectivity index is 2.06. The molecule has 0 saturated carbocycles. The molecule has 0 radical (unpaired) electrons. The van der Waals surface area contributed by atoms with Crippen LogP contribution >= 0.6 is 0 Å². The van der Waals surface area contributed by atoms with Gasteiger partial charge in [-0.3, -0.25) is 0 Å². The first-order valence-electron chi connectivity index (χ1n) is 7.24. The third-order valence-electron chi connectivity index (χ3n) is 3.51. The number of aryl methyl sites for hydroxylation is 1. The molecule has 1 aromatic carbocycles. The van der Waals surface area contributed by atoms with Crippen molar-refractivity contribution in [2.45, 2.75) is 25.9 Å². The van der Waals surface area contributed by atoms with Gasteiger partial charge < -0.3 is 14.6 Å². The Morgan fingerprint density at radius 2 is 2.25 bits per heavy atom. The molecule has 0 aliphatic heterocycles. The molecule has 0 spiro atoms. The Morgan fingerprint density at radius 1 is 1.35 bits per heavy atom. The van der Waals surface area contributed by atoms with E-state index in [-0.39, 0.29) is 0 Å². The highest BCUT2D eigenvalue weighted by molar-refractivity contribution is 5.83. The van der Waals surface area contributed by atoms with Crippen LogP contribution in [0.4, 0.5) is 0 Å². The van der Waals surface area contributed by atoms with Crippen molar-refractivity contribution in [2.24, 2.45) is 0 Å². The Kier molecular flexibility index (Phi) is 5.84. The summed E-state index contributed by atoms with van der Waals surface area (Å²) < 4.78 is 7.38. The van der Waals surface area contributed by atoms with E-state index in [9.17, 15) is 0 Å². The van der Waals surface area contributed by atoms with E-state index in [0.29, 0.717) is 0 Å². The molecule has 0 fully saturated rings. The summed E-state index contributed by atoms with van der Waals surface area (Å²) in [5.41, 5.74) is 2.67. The van der Waals surface area contributed by atoms with Crippen molar-refractivity contribution >= 4 is 10.9 Å². The minimum absolute atomic E-state index is 0.749. The third-order valence-corrected chi connectivity index (χ3v) is 3.51. The summed E-state index contributed by atoms with van der Waals surface area (Å²) in [4.78, 5) is 0. The van der Waals surface area contributed by atoms with Gasteiger partial charge >= 0.3 is 0 Å². The first kappa shape index (κ1) is 14.8. The van der Waals surface area contributed by atoms with Crippen LogP contribution in [0.15, 0.2) is 43.1 Å². The molecule has 0 saturated heterocycles. The molecule has 0 unspecified atom stereocenters. The number of fused-ring (bicyclic) bond motifs is 1. The number of unbranched alkanes of at least 4 members (excludes halogenated alkanes) is 1.